The van der Waals surface area contributed by atoms with Gasteiger partial charge in [0, 0.05) is 0 Å². The number of ether oxygens (including phenoxy) is 1. The molecule has 0 saturated carbocycles. The number of nitrogens with zero attached hydrogens (tertiary/aromatic N) is 2. The van der Waals surface area contributed by atoms with Crippen LogP contribution in [0.15, 0.2) is 72.4 Å². The van der Waals surface area contributed by atoms with Gasteiger partial charge in [0.25, 0.3) is 5.91 Å². The zero-order chi connectivity index (χ0) is 20.6. The fourth-order valence-corrected chi connectivity index (χ4v) is 3.63. The van der Waals surface area contributed by atoms with Crippen molar-refractivity contribution >= 4 is 27.8 Å². The van der Waals surface area contributed by atoms with Gasteiger partial charge in [-0.2, -0.15) is 5.10 Å². The van der Waals surface area contributed by atoms with Crippen molar-refractivity contribution in [2.24, 2.45) is 5.10 Å². The Bertz CT molecular complexity index is 926. The van der Waals surface area contributed by atoms with E-state index in [1.807, 2.05) is 0 Å². The van der Waals surface area contributed by atoms with Crippen molar-refractivity contribution in [3.8, 4) is 5.75 Å². The number of amides is 1. The number of para-hydroxylation sites is 1. The van der Waals surface area contributed by atoms with Gasteiger partial charge in [0.2, 0.25) is 10.0 Å². The van der Waals surface area contributed by atoms with Gasteiger partial charge in [0.1, 0.15) is 18.4 Å². The van der Waals surface area contributed by atoms with Crippen molar-refractivity contribution in [1.29, 1.82) is 0 Å². The summed E-state index contributed by atoms with van der Waals surface area (Å²) in [6, 6.07) is 14.6. The zero-order valence-electron chi connectivity index (χ0n) is 15.8. The molecule has 148 valence electrons. The highest BCUT2D eigenvalue weighted by Gasteiger charge is 2.28. The monoisotopic (exact) mass is 401 g/mol. The van der Waals surface area contributed by atoms with Crippen LogP contribution in [0.3, 0.4) is 0 Å². The highest BCUT2D eigenvalue weighted by atomic mass is 32.2. The van der Waals surface area contributed by atoms with Crippen LogP contribution in [0.1, 0.15) is 12.5 Å². The predicted molar refractivity (Wildman–Crippen MR) is 111 cm³/mol. The number of rotatable bonds is 9. The highest BCUT2D eigenvalue weighted by molar-refractivity contribution is 7.92. The fraction of sp³-hybridized carbons (Fsp3) is 0.200. The summed E-state index contributed by atoms with van der Waals surface area (Å²) in [4.78, 5) is 12.4. The van der Waals surface area contributed by atoms with Crippen LogP contribution >= 0.6 is 0 Å². The molecule has 0 fully saturated rings. The van der Waals surface area contributed by atoms with Crippen LogP contribution in [0, 0.1) is 0 Å². The summed E-state index contributed by atoms with van der Waals surface area (Å²) in [6.45, 7) is 5.50. The van der Waals surface area contributed by atoms with Gasteiger partial charge in [-0.15, -0.1) is 0 Å². The summed E-state index contributed by atoms with van der Waals surface area (Å²) in [5, 5.41) is 3.91. The molecule has 0 aliphatic rings. The van der Waals surface area contributed by atoms with Crippen LogP contribution in [-0.4, -0.2) is 39.4 Å². The van der Waals surface area contributed by atoms with Gasteiger partial charge in [-0.05, 0) is 48.9 Å². The van der Waals surface area contributed by atoms with Crippen molar-refractivity contribution in [2.75, 3.05) is 17.2 Å². The SMILES string of the molecule is C=CCOc1ccc(/C=N\NC(=O)[C@@H](C)N(c2ccccc2)S(C)(=O)=O)cc1. The summed E-state index contributed by atoms with van der Waals surface area (Å²) >= 11 is 0. The minimum absolute atomic E-state index is 0.409. The van der Waals surface area contributed by atoms with Crippen molar-refractivity contribution in [3.63, 3.8) is 0 Å². The minimum Gasteiger partial charge on any atom is -0.490 e. The zero-order valence-corrected chi connectivity index (χ0v) is 16.6. The Morgan fingerprint density at radius 2 is 1.86 bits per heavy atom. The summed E-state index contributed by atoms with van der Waals surface area (Å²) in [5.74, 6) is 0.151. The number of carbonyl (C=O) groups excluding carboxylic acids is 1. The maximum absolute atomic E-state index is 12.4. The molecule has 2 aromatic carbocycles. The van der Waals surface area contributed by atoms with Gasteiger partial charge in [-0.3, -0.25) is 9.10 Å². The molecule has 0 aliphatic carbocycles. The summed E-state index contributed by atoms with van der Waals surface area (Å²) in [6.07, 6.45) is 4.18. The van der Waals surface area contributed by atoms with Gasteiger partial charge in [-0.25, -0.2) is 13.8 Å². The van der Waals surface area contributed by atoms with E-state index in [-0.39, 0.29) is 0 Å². The highest BCUT2D eigenvalue weighted by Crippen LogP contribution is 2.20. The molecule has 0 aromatic heterocycles. The molecule has 2 rings (SSSR count). The minimum atomic E-state index is -3.65. The smallest absolute Gasteiger partial charge is 0.263 e. The molecule has 8 heteroatoms. The van der Waals surface area contributed by atoms with Crippen LogP contribution in [0.25, 0.3) is 0 Å². The maximum atomic E-state index is 12.4. The topological polar surface area (TPSA) is 88.1 Å². The molecule has 0 unspecified atom stereocenters. The van der Waals surface area contributed by atoms with Crippen LogP contribution in [-0.2, 0) is 14.8 Å². The average Bonchev–Trinajstić information content (AvgIpc) is 2.67. The number of hydrogen-bond donors (Lipinski definition) is 1. The second kappa shape index (κ2) is 9.70. The van der Waals surface area contributed by atoms with Crippen LogP contribution < -0.4 is 14.5 Å². The predicted octanol–water partition coefficient (Wildman–Crippen LogP) is 2.56. The number of hydrogen-bond acceptors (Lipinski definition) is 5. The van der Waals surface area contributed by atoms with Gasteiger partial charge < -0.3 is 4.74 Å². The largest absolute Gasteiger partial charge is 0.490 e. The second-order valence-electron chi connectivity index (χ2n) is 5.97. The Labute approximate surface area is 165 Å². The molecule has 0 spiro atoms. The molecule has 0 saturated heterocycles. The second-order valence-corrected chi connectivity index (χ2v) is 7.83. The number of sulfonamides is 1. The van der Waals surface area contributed by atoms with E-state index >= 15 is 0 Å². The fourth-order valence-electron chi connectivity index (χ4n) is 2.45. The number of carbonyl (C=O) groups is 1. The Hall–Kier alpha value is -3.13. The van der Waals surface area contributed by atoms with Crippen LogP contribution in [0.4, 0.5) is 5.69 Å². The van der Waals surface area contributed by atoms with E-state index in [0.717, 1.165) is 16.1 Å². The van der Waals surface area contributed by atoms with E-state index < -0.39 is 22.0 Å². The van der Waals surface area contributed by atoms with Gasteiger partial charge in [-0.1, -0.05) is 30.9 Å². The van der Waals surface area contributed by atoms with E-state index in [0.29, 0.717) is 18.0 Å². The molecular formula is C20H23N3O4S. The van der Waals surface area contributed by atoms with E-state index in [1.54, 1.807) is 60.7 Å². The van der Waals surface area contributed by atoms with E-state index in [9.17, 15) is 13.2 Å². The number of anilines is 1. The molecule has 0 heterocycles. The van der Waals surface area contributed by atoms with Crippen molar-refractivity contribution in [2.45, 2.75) is 13.0 Å². The Balaban J connectivity index is 2.04. The molecule has 7 nitrogen and oxygen atoms in total. The lowest BCUT2D eigenvalue weighted by Gasteiger charge is -2.27. The van der Waals surface area contributed by atoms with E-state index in [1.165, 1.54) is 13.1 Å². The average molecular weight is 401 g/mol. The lowest BCUT2D eigenvalue weighted by Crippen LogP contribution is -2.46. The van der Waals surface area contributed by atoms with Gasteiger partial charge in [0.05, 0.1) is 18.2 Å². The molecular weight excluding hydrogens is 378 g/mol. The molecule has 1 atom stereocenters. The third-order valence-corrected chi connectivity index (χ3v) is 4.98. The first-order valence-electron chi connectivity index (χ1n) is 8.54. The quantitative estimate of drug-likeness (QED) is 0.397. The molecule has 2 aromatic rings. The first-order valence-corrected chi connectivity index (χ1v) is 10.4. The lowest BCUT2D eigenvalue weighted by molar-refractivity contribution is -0.121. The molecule has 28 heavy (non-hydrogen) atoms. The number of nitrogens with one attached hydrogen (secondary N) is 1. The van der Waals surface area contributed by atoms with Gasteiger partial charge in [0.15, 0.2) is 0 Å². The summed E-state index contributed by atoms with van der Waals surface area (Å²) in [7, 11) is -3.65. The summed E-state index contributed by atoms with van der Waals surface area (Å²) < 4.78 is 30.8. The molecule has 0 radical (unpaired) electrons. The molecule has 1 amide bonds. The number of benzene rings is 2. The van der Waals surface area contributed by atoms with Crippen LogP contribution in [0.2, 0.25) is 0 Å². The number of hydrazone groups is 1. The van der Waals surface area contributed by atoms with Crippen molar-refractivity contribution in [3.05, 3.63) is 72.8 Å². The lowest BCUT2D eigenvalue weighted by atomic mass is 10.2. The van der Waals surface area contributed by atoms with Crippen molar-refractivity contribution < 1.29 is 17.9 Å². The third-order valence-electron chi connectivity index (χ3n) is 3.74. The molecule has 0 bridgehead atoms. The first-order chi connectivity index (χ1) is 13.3. The third kappa shape index (κ3) is 5.95. The maximum Gasteiger partial charge on any atom is 0.263 e. The van der Waals surface area contributed by atoms with E-state index in [2.05, 4.69) is 17.1 Å². The van der Waals surface area contributed by atoms with E-state index in [4.69, 9.17) is 4.74 Å². The Morgan fingerprint density at radius 1 is 1.21 bits per heavy atom. The standard InChI is InChI=1S/C20H23N3O4S/c1-4-14-27-19-12-10-17(11-13-19)15-21-22-20(24)16(2)23(28(3,25)26)18-8-6-5-7-9-18/h4-13,15-16H,1,14H2,2-3H3,(H,22,24)/b21-15-/t16-/m1/s1. The Morgan fingerprint density at radius 3 is 2.43 bits per heavy atom. The molecule has 1 N–H and O–H groups in total. The Kier molecular flexibility index (Phi) is 7.34. The summed E-state index contributed by atoms with van der Waals surface area (Å²) in [5.41, 5.74) is 3.54. The van der Waals surface area contributed by atoms with Crippen molar-refractivity contribution in [1.82, 2.24) is 5.43 Å². The normalized spacial score (nSPS) is 12.4. The molecule has 0 aliphatic heterocycles. The first kappa shape index (κ1) is 21.2. The van der Waals surface area contributed by atoms with Gasteiger partial charge >= 0.3 is 0 Å². The van der Waals surface area contributed by atoms with Crippen LogP contribution in [0.5, 0.6) is 5.75 Å².